The Morgan fingerprint density at radius 2 is 2.36 bits per heavy atom. The Hall–Kier alpha value is -1.13. The number of aromatic amines is 1. The number of aromatic nitrogens is 3. The van der Waals surface area contributed by atoms with Crippen molar-refractivity contribution in [1.29, 1.82) is 0 Å². The van der Waals surface area contributed by atoms with Gasteiger partial charge in [0.2, 0.25) is 0 Å². The van der Waals surface area contributed by atoms with Crippen LogP contribution in [0, 0.1) is 0 Å². The lowest BCUT2D eigenvalue weighted by molar-refractivity contribution is 0.796. The number of hydrogen-bond donors (Lipinski definition) is 2. The molecule has 0 atom stereocenters. The zero-order valence-corrected chi connectivity index (χ0v) is 8.38. The molecule has 3 N–H and O–H groups in total. The van der Waals surface area contributed by atoms with Gasteiger partial charge in [-0.15, -0.1) is 0 Å². The Labute approximate surface area is 86.5 Å². The number of pyridine rings is 1. The van der Waals surface area contributed by atoms with E-state index in [0.717, 1.165) is 24.2 Å². The molecular weight excluding hydrogens is 200 g/mol. The Morgan fingerprint density at radius 1 is 1.50 bits per heavy atom. The summed E-state index contributed by atoms with van der Waals surface area (Å²) in [4.78, 5) is 11.6. The Bertz CT molecular complexity index is 437. The van der Waals surface area contributed by atoms with Crippen LogP contribution in [0.1, 0.15) is 12.2 Å². The minimum Gasteiger partial charge on any atom is -0.341 e. The quantitative estimate of drug-likeness (QED) is 0.807. The number of nitrogens with two attached hydrogens (primary N) is 1. The average molecular weight is 211 g/mol. The molecule has 74 valence electrons. The number of aryl methyl sites for hydroxylation is 1. The van der Waals surface area contributed by atoms with Gasteiger partial charge in [-0.1, -0.05) is 11.6 Å². The van der Waals surface area contributed by atoms with Gasteiger partial charge in [0.25, 0.3) is 0 Å². The summed E-state index contributed by atoms with van der Waals surface area (Å²) in [7, 11) is 0. The van der Waals surface area contributed by atoms with Crippen molar-refractivity contribution in [2.75, 3.05) is 6.54 Å². The highest BCUT2D eigenvalue weighted by Crippen LogP contribution is 2.14. The van der Waals surface area contributed by atoms with Gasteiger partial charge >= 0.3 is 0 Å². The molecule has 2 rings (SSSR count). The van der Waals surface area contributed by atoms with Crippen molar-refractivity contribution >= 4 is 22.8 Å². The van der Waals surface area contributed by atoms with Gasteiger partial charge < -0.3 is 10.7 Å². The first kappa shape index (κ1) is 9.43. The van der Waals surface area contributed by atoms with Crippen molar-refractivity contribution in [3.05, 3.63) is 23.1 Å². The van der Waals surface area contributed by atoms with E-state index in [1.807, 2.05) is 6.07 Å². The number of imidazole rings is 1. The number of nitrogens with zero attached hydrogens (tertiary/aromatic N) is 2. The number of nitrogens with one attached hydrogen (secondary N) is 1. The maximum absolute atomic E-state index is 5.80. The van der Waals surface area contributed by atoms with E-state index in [4.69, 9.17) is 17.3 Å². The molecule has 0 saturated carbocycles. The van der Waals surface area contributed by atoms with Gasteiger partial charge in [-0.25, -0.2) is 9.97 Å². The smallest absolute Gasteiger partial charge is 0.177 e. The number of halogens is 1. The van der Waals surface area contributed by atoms with E-state index in [9.17, 15) is 0 Å². The topological polar surface area (TPSA) is 67.6 Å². The van der Waals surface area contributed by atoms with Crippen molar-refractivity contribution in [1.82, 2.24) is 15.0 Å². The maximum Gasteiger partial charge on any atom is 0.177 e. The largest absolute Gasteiger partial charge is 0.341 e. The van der Waals surface area contributed by atoms with Crippen molar-refractivity contribution in [3.63, 3.8) is 0 Å². The van der Waals surface area contributed by atoms with Crippen LogP contribution in [0.15, 0.2) is 12.3 Å². The molecule has 5 heteroatoms. The summed E-state index contributed by atoms with van der Waals surface area (Å²) in [6.45, 7) is 0.672. The molecule has 0 aromatic carbocycles. The second kappa shape index (κ2) is 3.94. The molecule has 0 bridgehead atoms. The summed E-state index contributed by atoms with van der Waals surface area (Å²) < 4.78 is 0. The van der Waals surface area contributed by atoms with E-state index in [1.54, 1.807) is 6.20 Å². The predicted molar refractivity (Wildman–Crippen MR) is 56.3 cm³/mol. The van der Waals surface area contributed by atoms with E-state index >= 15 is 0 Å². The summed E-state index contributed by atoms with van der Waals surface area (Å²) in [5.74, 6) is 0.917. The van der Waals surface area contributed by atoms with Crippen molar-refractivity contribution in [2.24, 2.45) is 5.73 Å². The lowest BCUT2D eigenvalue weighted by Gasteiger charge is -1.90. The van der Waals surface area contributed by atoms with Crippen LogP contribution in [0.3, 0.4) is 0 Å². The fourth-order valence-corrected chi connectivity index (χ4v) is 1.47. The number of H-pyrrole nitrogens is 1. The van der Waals surface area contributed by atoms with Gasteiger partial charge in [0.1, 0.15) is 5.82 Å². The van der Waals surface area contributed by atoms with Crippen LogP contribution in [0.25, 0.3) is 11.2 Å². The van der Waals surface area contributed by atoms with E-state index < -0.39 is 0 Å². The normalized spacial score (nSPS) is 11.0. The van der Waals surface area contributed by atoms with Crippen LogP contribution in [0.5, 0.6) is 0 Å². The van der Waals surface area contributed by atoms with Crippen LogP contribution < -0.4 is 5.73 Å². The molecular formula is C9H11ClN4. The summed E-state index contributed by atoms with van der Waals surface area (Å²) in [5, 5.41) is 0.617. The summed E-state index contributed by atoms with van der Waals surface area (Å²) >= 11 is 5.80. The standard InChI is InChI=1S/C9H11ClN4/c10-6-4-7-9(12-5-6)14-8(13-7)2-1-3-11/h4-5H,1-3,11H2,(H,12,13,14). The van der Waals surface area contributed by atoms with Gasteiger partial charge in [-0.3, -0.25) is 0 Å². The number of rotatable bonds is 3. The fraction of sp³-hybridized carbons (Fsp3) is 0.333. The lowest BCUT2D eigenvalue weighted by atomic mass is 10.3. The third kappa shape index (κ3) is 1.86. The lowest BCUT2D eigenvalue weighted by Crippen LogP contribution is -2.01. The van der Waals surface area contributed by atoms with Crippen molar-refractivity contribution in [3.8, 4) is 0 Å². The van der Waals surface area contributed by atoms with Gasteiger partial charge in [-0.2, -0.15) is 0 Å². The first-order chi connectivity index (χ1) is 6.79. The van der Waals surface area contributed by atoms with Gasteiger partial charge in [0, 0.05) is 12.6 Å². The minimum atomic E-state index is 0.617. The van der Waals surface area contributed by atoms with E-state index in [0.29, 0.717) is 17.2 Å². The highest BCUT2D eigenvalue weighted by Gasteiger charge is 2.03. The third-order valence-corrected chi connectivity index (χ3v) is 2.18. The maximum atomic E-state index is 5.80. The summed E-state index contributed by atoms with van der Waals surface area (Å²) in [5.41, 5.74) is 7.01. The molecule has 0 unspecified atom stereocenters. The SMILES string of the molecule is NCCCc1nc2ncc(Cl)cc2[nH]1. The van der Waals surface area contributed by atoms with Crippen molar-refractivity contribution < 1.29 is 0 Å². The van der Waals surface area contributed by atoms with Crippen LogP contribution >= 0.6 is 11.6 Å². The fourth-order valence-electron chi connectivity index (χ4n) is 1.31. The van der Waals surface area contributed by atoms with Crippen LogP contribution in [0.4, 0.5) is 0 Å². The summed E-state index contributed by atoms with van der Waals surface area (Å²) in [6.07, 6.45) is 3.37. The van der Waals surface area contributed by atoms with Crippen molar-refractivity contribution in [2.45, 2.75) is 12.8 Å². The predicted octanol–water partition coefficient (Wildman–Crippen LogP) is 1.50. The molecule has 2 aromatic heterocycles. The van der Waals surface area contributed by atoms with E-state index in [2.05, 4.69) is 15.0 Å². The molecule has 0 aliphatic rings. The molecule has 2 heterocycles. The first-order valence-corrected chi connectivity index (χ1v) is 4.87. The molecule has 0 spiro atoms. The first-order valence-electron chi connectivity index (χ1n) is 4.50. The highest BCUT2D eigenvalue weighted by atomic mass is 35.5. The van der Waals surface area contributed by atoms with Crippen LogP contribution in [-0.4, -0.2) is 21.5 Å². The molecule has 0 aliphatic heterocycles. The zero-order valence-electron chi connectivity index (χ0n) is 7.63. The van der Waals surface area contributed by atoms with Gasteiger partial charge in [0.05, 0.1) is 10.5 Å². The van der Waals surface area contributed by atoms with Gasteiger partial charge in [0.15, 0.2) is 5.65 Å². The average Bonchev–Trinajstić information content (AvgIpc) is 2.56. The Kier molecular flexibility index (Phi) is 2.65. The molecule has 0 radical (unpaired) electrons. The second-order valence-corrected chi connectivity index (χ2v) is 3.54. The molecule has 0 saturated heterocycles. The highest BCUT2D eigenvalue weighted by molar-refractivity contribution is 6.30. The number of fused-ring (bicyclic) bond motifs is 1. The van der Waals surface area contributed by atoms with Gasteiger partial charge in [-0.05, 0) is 19.0 Å². The van der Waals surface area contributed by atoms with Crippen LogP contribution in [-0.2, 0) is 6.42 Å². The molecule has 0 aliphatic carbocycles. The van der Waals surface area contributed by atoms with E-state index in [1.165, 1.54) is 0 Å². The zero-order chi connectivity index (χ0) is 9.97. The van der Waals surface area contributed by atoms with Crippen LogP contribution in [0.2, 0.25) is 5.02 Å². The van der Waals surface area contributed by atoms with E-state index in [-0.39, 0.29) is 0 Å². The minimum absolute atomic E-state index is 0.617. The molecule has 14 heavy (non-hydrogen) atoms. The third-order valence-electron chi connectivity index (χ3n) is 1.97. The Morgan fingerprint density at radius 3 is 3.14 bits per heavy atom. The molecule has 0 amide bonds. The molecule has 4 nitrogen and oxygen atoms in total. The number of hydrogen-bond acceptors (Lipinski definition) is 3. The molecule has 0 fully saturated rings. The second-order valence-electron chi connectivity index (χ2n) is 3.10. The monoisotopic (exact) mass is 210 g/mol. The Balaban J connectivity index is 2.32. The molecule has 2 aromatic rings. The summed E-state index contributed by atoms with van der Waals surface area (Å²) in [6, 6.07) is 1.82.